The predicted molar refractivity (Wildman–Crippen MR) is 175 cm³/mol. The summed E-state index contributed by atoms with van der Waals surface area (Å²) >= 11 is 0. The van der Waals surface area contributed by atoms with Gasteiger partial charge < -0.3 is 8.85 Å². The largest absolute Gasteiger partial charge is 0.413 e. The Balaban J connectivity index is 1.93. The van der Waals surface area contributed by atoms with Crippen LogP contribution in [0.2, 0.25) is 23.2 Å². The Labute approximate surface area is 240 Å². The van der Waals surface area contributed by atoms with Crippen LogP contribution in [0, 0.1) is 5.92 Å². The number of hydrogen-bond acceptors (Lipinski definition) is 2. The maximum Gasteiger partial charge on any atom is 0.261 e. The summed E-state index contributed by atoms with van der Waals surface area (Å²) < 4.78 is 14.4. The second kappa shape index (κ2) is 14.4. The Hall–Kier alpha value is -2.25. The van der Waals surface area contributed by atoms with Crippen molar-refractivity contribution >= 4 is 33.1 Å². The van der Waals surface area contributed by atoms with E-state index in [1.54, 1.807) is 0 Å². The fourth-order valence-corrected chi connectivity index (χ4v) is 13.3. The summed E-state index contributed by atoms with van der Waals surface area (Å²) in [4.78, 5) is 0. The van der Waals surface area contributed by atoms with Crippen molar-refractivity contribution in [2.24, 2.45) is 5.92 Å². The predicted octanol–water partition coefficient (Wildman–Crippen LogP) is 8.69. The summed E-state index contributed by atoms with van der Waals surface area (Å²) in [6.07, 6.45) is 5.61. The summed E-state index contributed by atoms with van der Waals surface area (Å²) in [5, 5.41) is 2.63. The minimum atomic E-state index is -2.57. The van der Waals surface area contributed by atoms with E-state index < -0.39 is 16.6 Å². The molecule has 3 aromatic rings. The molecule has 0 radical (unpaired) electrons. The number of hydrogen-bond donors (Lipinski definition) is 0. The van der Waals surface area contributed by atoms with Crippen LogP contribution in [-0.2, 0) is 8.85 Å². The molecule has 0 bridgehead atoms. The summed E-state index contributed by atoms with van der Waals surface area (Å²) in [5.41, 5.74) is 1.23. The van der Waals surface area contributed by atoms with Crippen LogP contribution in [0.5, 0.6) is 0 Å². The van der Waals surface area contributed by atoms with E-state index in [1.807, 2.05) is 0 Å². The van der Waals surface area contributed by atoms with E-state index in [4.69, 9.17) is 8.85 Å². The smallest absolute Gasteiger partial charge is 0.261 e. The highest BCUT2D eigenvalue weighted by Crippen LogP contribution is 2.37. The van der Waals surface area contributed by atoms with E-state index in [1.165, 1.54) is 15.9 Å². The van der Waals surface area contributed by atoms with Gasteiger partial charge in [-0.2, -0.15) is 0 Å². The highest BCUT2D eigenvalue weighted by atomic mass is 28.4. The van der Waals surface area contributed by atoms with Gasteiger partial charge in [0.05, 0.1) is 6.10 Å². The average molecular weight is 559 g/mol. The van der Waals surface area contributed by atoms with Crippen LogP contribution in [0.1, 0.15) is 60.5 Å². The molecule has 0 aliphatic heterocycles. The second-order valence-electron chi connectivity index (χ2n) is 11.8. The third kappa shape index (κ3) is 7.70. The van der Waals surface area contributed by atoms with Gasteiger partial charge in [0, 0.05) is 6.61 Å². The summed E-state index contributed by atoms with van der Waals surface area (Å²) in [5.74, 6) is 0.296. The van der Waals surface area contributed by atoms with Crippen molar-refractivity contribution in [2.45, 2.75) is 84.2 Å². The maximum atomic E-state index is 7.28. The minimum absolute atomic E-state index is 0.0281. The zero-order chi connectivity index (χ0) is 28.4. The van der Waals surface area contributed by atoms with Crippen molar-refractivity contribution in [1.29, 1.82) is 0 Å². The monoisotopic (exact) mass is 558 g/mol. The highest BCUT2D eigenvalue weighted by molar-refractivity contribution is 6.99. The third-order valence-electron chi connectivity index (χ3n) is 8.45. The van der Waals surface area contributed by atoms with Gasteiger partial charge in [0.1, 0.15) is 0 Å². The molecule has 0 saturated carbocycles. The molecule has 3 aromatic carbocycles. The Morgan fingerprint density at radius 2 is 1.18 bits per heavy atom. The Kier molecular flexibility index (Phi) is 11.6. The molecule has 0 aliphatic rings. The third-order valence-corrected chi connectivity index (χ3v) is 18.2. The molecule has 2 atom stereocenters. The van der Waals surface area contributed by atoms with E-state index in [-0.39, 0.29) is 11.1 Å². The van der Waals surface area contributed by atoms with Crippen molar-refractivity contribution in [3.8, 4) is 0 Å². The lowest BCUT2D eigenvalue weighted by atomic mass is 10.0. The van der Waals surface area contributed by atoms with Gasteiger partial charge in [0.2, 0.25) is 0 Å². The SMILES string of the molecule is CC[Si](CC)(CC)O[C@@H](CCO[Si](c1ccccc1)(c1ccccc1)C(C)(C)C)[C@H](C)/C=C/c1ccccc1. The lowest BCUT2D eigenvalue weighted by molar-refractivity contribution is 0.117. The molecule has 0 N–H and O–H groups in total. The van der Waals surface area contributed by atoms with Gasteiger partial charge in [-0.05, 0) is 51.4 Å². The van der Waals surface area contributed by atoms with E-state index in [0.29, 0.717) is 12.5 Å². The first-order chi connectivity index (χ1) is 18.7. The van der Waals surface area contributed by atoms with Crippen LogP contribution in [0.3, 0.4) is 0 Å². The molecule has 3 rings (SSSR count). The molecule has 0 aliphatic carbocycles. The molecular formula is C35H50O2Si2. The normalized spacial score (nSPS) is 14.4. The topological polar surface area (TPSA) is 18.5 Å². The minimum Gasteiger partial charge on any atom is -0.413 e. The van der Waals surface area contributed by atoms with Gasteiger partial charge in [-0.1, -0.05) is 152 Å². The van der Waals surface area contributed by atoms with Crippen LogP contribution in [0.25, 0.3) is 6.08 Å². The van der Waals surface area contributed by atoms with Gasteiger partial charge in [0.15, 0.2) is 8.32 Å². The van der Waals surface area contributed by atoms with Gasteiger partial charge in [-0.15, -0.1) is 0 Å². The van der Waals surface area contributed by atoms with Crippen LogP contribution >= 0.6 is 0 Å². The van der Waals surface area contributed by atoms with Crippen LogP contribution in [0.4, 0.5) is 0 Å². The zero-order valence-electron chi connectivity index (χ0n) is 25.3. The molecule has 39 heavy (non-hydrogen) atoms. The van der Waals surface area contributed by atoms with Crippen LogP contribution in [0.15, 0.2) is 97.1 Å². The molecule has 0 fully saturated rings. The molecule has 0 heterocycles. The number of benzene rings is 3. The first kappa shape index (κ1) is 31.3. The van der Waals surface area contributed by atoms with Crippen molar-refractivity contribution in [1.82, 2.24) is 0 Å². The maximum absolute atomic E-state index is 7.28. The molecular weight excluding hydrogens is 509 g/mol. The van der Waals surface area contributed by atoms with E-state index in [9.17, 15) is 0 Å². The molecule has 0 amide bonds. The summed E-state index contributed by atoms with van der Waals surface area (Å²) in [7, 11) is -4.36. The summed E-state index contributed by atoms with van der Waals surface area (Å²) in [6.45, 7) is 17.0. The Morgan fingerprint density at radius 1 is 0.718 bits per heavy atom. The zero-order valence-corrected chi connectivity index (χ0v) is 27.3. The van der Waals surface area contributed by atoms with Crippen LogP contribution in [-0.4, -0.2) is 29.3 Å². The second-order valence-corrected chi connectivity index (χ2v) is 20.9. The molecule has 210 valence electrons. The van der Waals surface area contributed by atoms with Crippen LogP contribution < -0.4 is 10.4 Å². The fraction of sp³-hybridized carbons (Fsp3) is 0.429. The number of rotatable bonds is 14. The Bertz CT molecular complexity index is 1070. The van der Waals surface area contributed by atoms with Gasteiger partial charge in [0.25, 0.3) is 8.32 Å². The van der Waals surface area contributed by atoms with Gasteiger partial charge in [-0.25, -0.2) is 0 Å². The van der Waals surface area contributed by atoms with Crippen molar-refractivity contribution in [3.05, 3.63) is 103 Å². The van der Waals surface area contributed by atoms with Gasteiger partial charge in [-0.3, -0.25) is 0 Å². The first-order valence-corrected chi connectivity index (χ1v) is 19.3. The van der Waals surface area contributed by atoms with E-state index in [2.05, 4.69) is 152 Å². The summed E-state index contributed by atoms with van der Waals surface area (Å²) in [6, 6.07) is 35.9. The van der Waals surface area contributed by atoms with Crippen molar-refractivity contribution in [2.75, 3.05) is 6.61 Å². The molecule has 0 spiro atoms. The van der Waals surface area contributed by atoms with E-state index >= 15 is 0 Å². The molecule has 4 heteroatoms. The lowest BCUT2D eigenvalue weighted by Crippen LogP contribution is -2.66. The molecule has 0 saturated heterocycles. The molecule has 0 unspecified atom stereocenters. The van der Waals surface area contributed by atoms with Crippen molar-refractivity contribution in [3.63, 3.8) is 0 Å². The average Bonchev–Trinajstić information content (AvgIpc) is 2.97. The highest BCUT2D eigenvalue weighted by Gasteiger charge is 2.50. The quantitative estimate of drug-likeness (QED) is 0.184. The first-order valence-electron chi connectivity index (χ1n) is 14.9. The fourth-order valence-electron chi connectivity index (χ4n) is 5.79. The standard InChI is InChI=1S/C35H50O2Si2/c1-8-38(9-2,10-3)37-34(30(4)26-27-31-20-14-11-15-21-31)28-29-36-39(35(5,6)7,32-22-16-12-17-23-32)33-24-18-13-19-25-33/h11-27,30,34H,8-10,28-29H2,1-7H3/b27-26+/t30-,34+/m1/s1. The lowest BCUT2D eigenvalue weighted by Gasteiger charge is -2.43. The van der Waals surface area contributed by atoms with Gasteiger partial charge >= 0.3 is 0 Å². The van der Waals surface area contributed by atoms with Crippen molar-refractivity contribution < 1.29 is 8.85 Å². The molecule has 0 aromatic heterocycles. The molecule has 2 nitrogen and oxygen atoms in total. The Morgan fingerprint density at radius 3 is 1.62 bits per heavy atom. The van der Waals surface area contributed by atoms with E-state index in [0.717, 1.165) is 24.6 Å².